The Balaban J connectivity index is 1.45. The molecular weight excluding hydrogens is 426 g/mol. The minimum atomic E-state index is -0.250. The minimum Gasteiger partial charge on any atom is -0.497 e. The number of methoxy groups -OCH3 is 1. The lowest BCUT2D eigenvalue weighted by atomic mass is 10.0. The van der Waals surface area contributed by atoms with Gasteiger partial charge in [0, 0.05) is 31.9 Å². The Kier molecular flexibility index (Phi) is 6.04. The molecule has 0 bridgehead atoms. The molecule has 0 atom stereocenters. The molecule has 2 amide bonds. The van der Waals surface area contributed by atoms with Crippen molar-refractivity contribution in [3.05, 3.63) is 102 Å². The van der Waals surface area contributed by atoms with E-state index >= 15 is 0 Å². The summed E-state index contributed by atoms with van der Waals surface area (Å²) >= 11 is 0. The van der Waals surface area contributed by atoms with Crippen molar-refractivity contribution in [2.75, 3.05) is 38.2 Å². The highest BCUT2D eigenvalue weighted by Gasteiger charge is 2.42. The predicted molar refractivity (Wildman–Crippen MR) is 132 cm³/mol. The van der Waals surface area contributed by atoms with Gasteiger partial charge in [-0.15, -0.1) is 0 Å². The molecule has 6 heteroatoms. The number of nitrogens with zero attached hydrogens (tertiary/aromatic N) is 3. The van der Waals surface area contributed by atoms with Crippen LogP contribution in [0.25, 0.3) is 5.57 Å². The lowest BCUT2D eigenvalue weighted by Crippen LogP contribution is -2.47. The molecule has 0 unspecified atom stereocenters. The molecular formula is C28H27N3O3. The lowest BCUT2D eigenvalue weighted by molar-refractivity contribution is -0.138. The fourth-order valence-corrected chi connectivity index (χ4v) is 4.61. The van der Waals surface area contributed by atoms with Gasteiger partial charge in [-0.2, -0.15) is 0 Å². The van der Waals surface area contributed by atoms with E-state index in [4.69, 9.17) is 4.74 Å². The van der Waals surface area contributed by atoms with Gasteiger partial charge in [0.15, 0.2) is 0 Å². The third-order valence-corrected chi connectivity index (χ3v) is 6.42. The molecule has 2 heterocycles. The van der Waals surface area contributed by atoms with Crippen LogP contribution in [0.2, 0.25) is 0 Å². The molecule has 2 aliphatic heterocycles. The lowest BCUT2D eigenvalue weighted by Gasteiger charge is -2.37. The number of hydrogen-bond acceptors (Lipinski definition) is 5. The first-order valence-electron chi connectivity index (χ1n) is 11.5. The Hall–Kier alpha value is -4.06. The summed E-state index contributed by atoms with van der Waals surface area (Å²) < 4.78 is 5.28. The Morgan fingerprint density at radius 1 is 0.706 bits per heavy atom. The third kappa shape index (κ3) is 4.15. The van der Waals surface area contributed by atoms with E-state index in [1.807, 2.05) is 72.8 Å². The molecule has 3 aromatic carbocycles. The minimum absolute atomic E-state index is 0.229. The summed E-state index contributed by atoms with van der Waals surface area (Å²) in [7, 11) is 1.61. The van der Waals surface area contributed by atoms with E-state index in [0.29, 0.717) is 30.1 Å². The first-order chi connectivity index (χ1) is 16.7. The van der Waals surface area contributed by atoms with Gasteiger partial charge in [-0.3, -0.25) is 14.5 Å². The van der Waals surface area contributed by atoms with Crippen LogP contribution >= 0.6 is 0 Å². The van der Waals surface area contributed by atoms with Crippen LogP contribution in [-0.2, 0) is 16.1 Å². The molecule has 172 valence electrons. The van der Waals surface area contributed by atoms with Crippen molar-refractivity contribution in [1.29, 1.82) is 0 Å². The van der Waals surface area contributed by atoms with Crippen molar-refractivity contribution in [1.82, 2.24) is 9.80 Å². The second-order valence-electron chi connectivity index (χ2n) is 8.44. The average Bonchev–Trinajstić information content (AvgIpc) is 3.15. The summed E-state index contributed by atoms with van der Waals surface area (Å²) in [6, 6.07) is 27.3. The maximum atomic E-state index is 13.6. The quantitative estimate of drug-likeness (QED) is 0.532. The van der Waals surface area contributed by atoms with Crippen LogP contribution < -0.4 is 9.64 Å². The fourth-order valence-electron chi connectivity index (χ4n) is 4.61. The van der Waals surface area contributed by atoms with Crippen LogP contribution in [0.1, 0.15) is 11.1 Å². The number of carbonyl (C=O) groups excluding carboxylic acids is 2. The highest BCUT2D eigenvalue weighted by atomic mass is 16.5. The van der Waals surface area contributed by atoms with E-state index in [0.717, 1.165) is 24.2 Å². The van der Waals surface area contributed by atoms with Crippen molar-refractivity contribution >= 4 is 23.1 Å². The average molecular weight is 454 g/mol. The summed E-state index contributed by atoms with van der Waals surface area (Å²) in [5.41, 5.74) is 3.80. The van der Waals surface area contributed by atoms with Crippen LogP contribution in [-0.4, -0.2) is 54.9 Å². The van der Waals surface area contributed by atoms with Gasteiger partial charge in [0.1, 0.15) is 11.4 Å². The summed E-state index contributed by atoms with van der Waals surface area (Å²) in [6.07, 6.45) is 0. The molecule has 0 N–H and O–H groups in total. The zero-order chi connectivity index (χ0) is 23.5. The number of amides is 2. The predicted octanol–water partition coefficient (Wildman–Crippen LogP) is 3.80. The molecule has 6 nitrogen and oxygen atoms in total. The number of hydrogen-bond donors (Lipinski definition) is 0. The van der Waals surface area contributed by atoms with E-state index in [-0.39, 0.29) is 18.4 Å². The molecule has 1 fully saturated rings. The summed E-state index contributed by atoms with van der Waals surface area (Å²) in [4.78, 5) is 33.0. The number of imide groups is 1. The van der Waals surface area contributed by atoms with E-state index in [1.54, 1.807) is 7.11 Å². The standard InChI is InChI=1S/C28H27N3O3/c1-34-24-14-12-22(13-15-24)25-26(28(33)31(27(25)32)20-21-8-4-2-5-9-21)30-18-16-29(17-19-30)23-10-6-3-7-11-23/h2-15H,16-20H2,1H3. The van der Waals surface area contributed by atoms with Gasteiger partial charge in [0.2, 0.25) is 0 Å². The Morgan fingerprint density at radius 3 is 1.91 bits per heavy atom. The number of benzene rings is 3. The molecule has 0 aromatic heterocycles. The first kappa shape index (κ1) is 21.8. The Bertz CT molecular complexity index is 1200. The highest BCUT2D eigenvalue weighted by Crippen LogP contribution is 2.34. The normalized spacial score (nSPS) is 16.4. The number of piperazine rings is 1. The number of ether oxygens (including phenoxy) is 1. The van der Waals surface area contributed by atoms with Gasteiger partial charge >= 0.3 is 0 Å². The molecule has 5 rings (SSSR count). The van der Waals surface area contributed by atoms with E-state index < -0.39 is 0 Å². The van der Waals surface area contributed by atoms with Gasteiger partial charge in [-0.25, -0.2) is 0 Å². The Labute approximate surface area is 199 Å². The molecule has 0 aliphatic carbocycles. The number of para-hydroxylation sites is 1. The van der Waals surface area contributed by atoms with Crippen LogP contribution in [0.4, 0.5) is 5.69 Å². The second-order valence-corrected chi connectivity index (χ2v) is 8.44. The molecule has 0 radical (unpaired) electrons. The van der Waals surface area contributed by atoms with Crippen LogP contribution in [0.5, 0.6) is 5.75 Å². The van der Waals surface area contributed by atoms with Crippen molar-refractivity contribution in [3.63, 3.8) is 0 Å². The molecule has 1 saturated heterocycles. The van der Waals surface area contributed by atoms with E-state index in [9.17, 15) is 9.59 Å². The van der Waals surface area contributed by atoms with Crippen molar-refractivity contribution in [3.8, 4) is 5.75 Å². The van der Waals surface area contributed by atoms with Gasteiger partial charge in [-0.1, -0.05) is 60.7 Å². The molecule has 0 spiro atoms. The number of anilines is 1. The largest absolute Gasteiger partial charge is 0.497 e. The number of rotatable bonds is 6. The maximum absolute atomic E-state index is 13.6. The smallest absolute Gasteiger partial charge is 0.278 e. The van der Waals surface area contributed by atoms with Crippen molar-refractivity contribution in [2.45, 2.75) is 6.54 Å². The van der Waals surface area contributed by atoms with Gasteiger partial charge < -0.3 is 14.5 Å². The second kappa shape index (κ2) is 9.43. The van der Waals surface area contributed by atoms with Crippen molar-refractivity contribution < 1.29 is 14.3 Å². The monoisotopic (exact) mass is 453 g/mol. The SMILES string of the molecule is COc1ccc(C2=C(N3CCN(c4ccccc4)CC3)C(=O)N(Cc3ccccc3)C2=O)cc1. The topological polar surface area (TPSA) is 53.1 Å². The van der Waals surface area contributed by atoms with Gasteiger partial charge in [-0.05, 0) is 35.4 Å². The summed E-state index contributed by atoms with van der Waals surface area (Å²) in [5, 5.41) is 0. The van der Waals surface area contributed by atoms with Crippen molar-refractivity contribution in [2.24, 2.45) is 0 Å². The first-order valence-corrected chi connectivity index (χ1v) is 11.5. The zero-order valence-corrected chi connectivity index (χ0v) is 19.2. The summed E-state index contributed by atoms with van der Waals surface area (Å²) in [5.74, 6) is 0.229. The highest BCUT2D eigenvalue weighted by molar-refractivity contribution is 6.35. The summed E-state index contributed by atoms with van der Waals surface area (Å²) in [6.45, 7) is 3.16. The fraction of sp³-hybridized carbons (Fsp3) is 0.214. The zero-order valence-electron chi connectivity index (χ0n) is 19.2. The number of carbonyl (C=O) groups is 2. The van der Waals surface area contributed by atoms with E-state index in [2.05, 4.69) is 21.9 Å². The maximum Gasteiger partial charge on any atom is 0.278 e. The molecule has 34 heavy (non-hydrogen) atoms. The Morgan fingerprint density at radius 2 is 1.29 bits per heavy atom. The van der Waals surface area contributed by atoms with Crippen LogP contribution in [0.3, 0.4) is 0 Å². The molecule has 3 aromatic rings. The third-order valence-electron chi connectivity index (χ3n) is 6.42. The van der Waals surface area contributed by atoms with Crippen LogP contribution in [0, 0.1) is 0 Å². The molecule has 0 saturated carbocycles. The van der Waals surface area contributed by atoms with Crippen LogP contribution in [0.15, 0.2) is 90.6 Å². The molecule has 2 aliphatic rings. The van der Waals surface area contributed by atoms with Gasteiger partial charge in [0.05, 0.1) is 19.2 Å². The van der Waals surface area contributed by atoms with E-state index in [1.165, 1.54) is 10.6 Å². The van der Waals surface area contributed by atoms with Gasteiger partial charge in [0.25, 0.3) is 11.8 Å².